The van der Waals surface area contributed by atoms with Gasteiger partial charge in [-0.3, -0.25) is 5.10 Å². The first-order chi connectivity index (χ1) is 10.8. The summed E-state index contributed by atoms with van der Waals surface area (Å²) in [6.07, 6.45) is 0. The molecule has 0 radical (unpaired) electrons. The Bertz CT molecular complexity index is 809. The average Bonchev–Trinajstić information content (AvgIpc) is 3.23. The molecule has 2 aromatic carbocycles. The van der Waals surface area contributed by atoms with E-state index in [2.05, 4.69) is 10.2 Å². The zero-order valence-corrected chi connectivity index (χ0v) is 12.0. The second-order valence-electron chi connectivity index (χ2n) is 4.96. The molecule has 1 N–H and O–H groups in total. The van der Waals surface area contributed by atoms with Crippen LogP contribution in [-0.2, 0) is 0 Å². The van der Waals surface area contributed by atoms with Gasteiger partial charge >= 0.3 is 0 Å². The third kappa shape index (κ3) is 2.16. The van der Waals surface area contributed by atoms with Crippen molar-refractivity contribution in [2.24, 2.45) is 0 Å². The Hall–Kier alpha value is -2.95. The van der Waals surface area contributed by atoms with Crippen LogP contribution in [0.4, 0.5) is 0 Å². The average molecular weight is 294 g/mol. The molecule has 0 spiro atoms. The van der Waals surface area contributed by atoms with Crippen molar-refractivity contribution in [1.29, 1.82) is 0 Å². The summed E-state index contributed by atoms with van der Waals surface area (Å²) in [4.78, 5) is 0. The van der Waals surface area contributed by atoms with Gasteiger partial charge in [0.25, 0.3) is 0 Å². The van der Waals surface area contributed by atoms with Gasteiger partial charge in [-0.05, 0) is 54.1 Å². The largest absolute Gasteiger partial charge is 0.497 e. The molecule has 4 rings (SSSR count). The molecule has 0 atom stereocenters. The summed E-state index contributed by atoms with van der Waals surface area (Å²) in [5.74, 6) is 2.36. The minimum atomic E-state index is 0.274. The second-order valence-corrected chi connectivity index (χ2v) is 4.96. The van der Waals surface area contributed by atoms with E-state index in [1.54, 1.807) is 7.11 Å². The van der Waals surface area contributed by atoms with Crippen LogP contribution >= 0.6 is 0 Å². The maximum absolute atomic E-state index is 5.40. The van der Waals surface area contributed by atoms with Crippen LogP contribution in [-0.4, -0.2) is 24.1 Å². The number of hydrogen-bond donors (Lipinski definition) is 1. The number of benzene rings is 2. The van der Waals surface area contributed by atoms with Crippen molar-refractivity contribution in [2.75, 3.05) is 13.9 Å². The summed E-state index contributed by atoms with van der Waals surface area (Å²) < 4.78 is 15.9. The van der Waals surface area contributed by atoms with E-state index in [1.165, 1.54) is 0 Å². The van der Waals surface area contributed by atoms with E-state index in [0.29, 0.717) is 0 Å². The Balaban J connectivity index is 1.65. The Morgan fingerprint density at radius 2 is 1.73 bits per heavy atom. The van der Waals surface area contributed by atoms with Gasteiger partial charge in [0.2, 0.25) is 6.79 Å². The molecule has 1 aliphatic rings. The highest BCUT2D eigenvalue weighted by Crippen LogP contribution is 2.36. The first-order valence-corrected chi connectivity index (χ1v) is 6.93. The molecule has 5 nitrogen and oxygen atoms in total. The second kappa shape index (κ2) is 5.11. The number of nitrogens with zero attached hydrogens (tertiary/aromatic N) is 1. The van der Waals surface area contributed by atoms with Crippen molar-refractivity contribution in [3.63, 3.8) is 0 Å². The van der Waals surface area contributed by atoms with E-state index < -0.39 is 0 Å². The van der Waals surface area contributed by atoms with Gasteiger partial charge < -0.3 is 14.2 Å². The fourth-order valence-corrected chi connectivity index (χ4v) is 2.44. The number of nitrogens with one attached hydrogen (secondary N) is 1. The van der Waals surface area contributed by atoms with Crippen molar-refractivity contribution in [1.82, 2.24) is 10.2 Å². The minimum Gasteiger partial charge on any atom is -0.497 e. The quantitative estimate of drug-likeness (QED) is 0.803. The molecule has 110 valence electrons. The maximum atomic E-state index is 5.40. The first-order valence-electron chi connectivity index (χ1n) is 6.93. The number of rotatable bonds is 3. The van der Waals surface area contributed by atoms with Crippen molar-refractivity contribution < 1.29 is 14.2 Å². The van der Waals surface area contributed by atoms with Crippen LogP contribution in [0, 0.1) is 0 Å². The Morgan fingerprint density at radius 1 is 0.955 bits per heavy atom. The molecular weight excluding hydrogens is 280 g/mol. The zero-order chi connectivity index (χ0) is 14.9. The third-order valence-corrected chi connectivity index (χ3v) is 3.65. The SMILES string of the molecule is COc1ccc(-c2cc(-c3ccc4c(c3)OCO4)n[nH]2)cc1. The molecule has 22 heavy (non-hydrogen) atoms. The first kappa shape index (κ1) is 12.8. The number of hydrogen-bond acceptors (Lipinski definition) is 4. The number of ether oxygens (including phenoxy) is 3. The van der Waals surface area contributed by atoms with E-state index in [4.69, 9.17) is 14.2 Å². The highest BCUT2D eigenvalue weighted by molar-refractivity contribution is 5.70. The van der Waals surface area contributed by atoms with Gasteiger partial charge in [-0.25, -0.2) is 0 Å². The molecule has 0 saturated carbocycles. The molecule has 0 aliphatic carbocycles. The van der Waals surface area contributed by atoms with Crippen molar-refractivity contribution in [3.8, 4) is 39.8 Å². The van der Waals surface area contributed by atoms with Crippen LogP contribution in [0.3, 0.4) is 0 Å². The van der Waals surface area contributed by atoms with Crippen LogP contribution < -0.4 is 14.2 Å². The van der Waals surface area contributed by atoms with Gasteiger partial charge in [0.05, 0.1) is 18.5 Å². The van der Waals surface area contributed by atoms with Gasteiger partial charge in [0.1, 0.15) is 5.75 Å². The van der Waals surface area contributed by atoms with Gasteiger partial charge in [-0.2, -0.15) is 5.10 Å². The lowest BCUT2D eigenvalue weighted by Gasteiger charge is -2.00. The Labute approximate surface area is 127 Å². The summed E-state index contributed by atoms with van der Waals surface area (Å²) in [6.45, 7) is 0.274. The fourth-order valence-electron chi connectivity index (χ4n) is 2.44. The maximum Gasteiger partial charge on any atom is 0.231 e. The van der Waals surface area contributed by atoms with E-state index in [-0.39, 0.29) is 6.79 Å². The van der Waals surface area contributed by atoms with Crippen molar-refractivity contribution in [3.05, 3.63) is 48.5 Å². The Morgan fingerprint density at radius 3 is 2.55 bits per heavy atom. The monoisotopic (exact) mass is 294 g/mol. The van der Waals surface area contributed by atoms with Crippen molar-refractivity contribution in [2.45, 2.75) is 0 Å². The number of aromatic nitrogens is 2. The molecule has 3 aromatic rings. The standard InChI is InChI=1S/C17H14N2O3/c1-20-13-5-2-11(3-6-13)14-9-15(19-18-14)12-4-7-16-17(8-12)22-10-21-16/h2-9H,10H2,1H3,(H,18,19). The van der Waals surface area contributed by atoms with Gasteiger partial charge in [-0.1, -0.05) is 0 Å². The highest BCUT2D eigenvalue weighted by Gasteiger charge is 2.15. The number of aromatic amines is 1. The van der Waals surface area contributed by atoms with Crippen LogP contribution in [0.15, 0.2) is 48.5 Å². The van der Waals surface area contributed by atoms with E-state index in [0.717, 1.165) is 39.8 Å². The smallest absolute Gasteiger partial charge is 0.231 e. The molecule has 0 unspecified atom stereocenters. The molecule has 0 amide bonds. The minimum absolute atomic E-state index is 0.274. The van der Waals surface area contributed by atoms with Gasteiger partial charge in [0, 0.05) is 5.56 Å². The van der Waals surface area contributed by atoms with Crippen molar-refractivity contribution >= 4 is 0 Å². The van der Waals surface area contributed by atoms with Gasteiger partial charge in [-0.15, -0.1) is 0 Å². The Kier molecular flexibility index (Phi) is 2.96. The number of fused-ring (bicyclic) bond motifs is 1. The molecule has 5 heteroatoms. The molecule has 0 fully saturated rings. The normalized spacial score (nSPS) is 12.4. The van der Waals surface area contributed by atoms with Crippen LogP contribution in [0.1, 0.15) is 0 Å². The van der Waals surface area contributed by atoms with Crippen LogP contribution in [0.2, 0.25) is 0 Å². The molecular formula is C17H14N2O3. The lowest BCUT2D eigenvalue weighted by molar-refractivity contribution is 0.174. The summed E-state index contributed by atoms with van der Waals surface area (Å²) in [5.41, 5.74) is 3.86. The number of H-pyrrole nitrogens is 1. The van der Waals surface area contributed by atoms with E-state index >= 15 is 0 Å². The summed E-state index contributed by atoms with van der Waals surface area (Å²) in [5, 5.41) is 7.44. The summed E-state index contributed by atoms with van der Waals surface area (Å²) in [7, 11) is 1.66. The predicted octanol–water partition coefficient (Wildman–Crippen LogP) is 3.48. The zero-order valence-electron chi connectivity index (χ0n) is 12.0. The summed E-state index contributed by atoms with van der Waals surface area (Å²) in [6, 6.07) is 15.7. The molecule has 2 heterocycles. The highest BCUT2D eigenvalue weighted by atomic mass is 16.7. The van der Waals surface area contributed by atoms with E-state index in [1.807, 2.05) is 48.5 Å². The van der Waals surface area contributed by atoms with Gasteiger partial charge in [0.15, 0.2) is 11.5 Å². The van der Waals surface area contributed by atoms with Crippen LogP contribution in [0.5, 0.6) is 17.2 Å². The molecule has 1 aromatic heterocycles. The summed E-state index contributed by atoms with van der Waals surface area (Å²) >= 11 is 0. The third-order valence-electron chi connectivity index (χ3n) is 3.65. The molecule has 0 saturated heterocycles. The molecule has 0 bridgehead atoms. The molecule has 1 aliphatic heterocycles. The topological polar surface area (TPSA) is 56.4 Å². The van der Waals surface area contributed by atoms with E-state index in [9.17, 15) is 0 Å². The lowest BCUT2D eigenvalue weighted by Crippen LogP contribution is -1.92. The lowest BCUT2D eigenvalue weighted by atomic mass is 10.1. The van der Waals surface area contributed by atoms with Crippen LogP contribution in [0.25, 0.3) is 22.5 Å². The predicted molar refractivity (Wildman–Crippen MR) is 82.1 cm³/mol. The fraction of sp³-hybridized carbons (Fsp3) is 0.118. The number of methoxy groups -OCH3 is 1.